The van der Waals surface area contributed by atoms with Crippen molar-refractivity contribution >= 4 is 11.7 Å². The summed E-state index contributed by atoms with van der Waals surface area (Å²) in [6, 6.07) is 7.62. The van der Waals surface area contributed by atoms with Crippen molar-refractivity contribution in [1.82, 2.24) is 0 Å². The first-order valence-corrected chi connectivity index (χ1v) is 7.41. The van der Waals surface area contributed by atoms with Crippen molar-refractivity contribution in [3.8, 4) is 0 Å². The van der Waals surface area contributed by atoms with Crippen LogP contribution in [0.2, 0.25) is 0 Å². The number of hydrogen-bond acceptors (Lipinski definition) is 5. The second-order valence-electron chi connectivity index (χ2n) is 4.74. The molecule has 0 heterocycles. The van der Waals surface area contributed by atoms with Gasteiger partial charge in [0, 0.05) is 18.8 Å². The van der Waals surface area contributed by atoms with Crippen LogP contribution in [-0.4, -0.2) is 49.1 Å². The number of rotatable bonds is 9. The molecular formula is C16H25NO4. The molecule has 0 aliphatic carbocycles. The van der Waals surface area contributed by atoms with E-state index in [1.54, 1.807) is 6.92 Å². The smallest absolute Gasteiger partial charge is 0.313 e. The summed E-state index contributed by atoms with van der Waals surface area (Å²) in [5.74, 6) is -0.446. The van der Waals surface area contributed by atoms with E-state index in [1.807, 2.05) is 36.1 Å². The maximum Gasteiger partial charge on any atom is 0.313 e. The maximum atomic E-state index is 11.9. The largest absolute Gasteiger partial charge is 0.466 e. The Morgan fingerprint density at radius 3 is 2.14 bits per heavy atom. The molecule has 1 rings (SSSR count). The van der Waals surface area contributed by atoms with Crippen LogP contribution in [0.15, 0.2) is 24.3 Å². The van der Waals surface area contributed by atoms with Crippen LogP contribution < -0.4 is 4.90 Å². The van der Waals surface area contributed by atoms with Gasteiger partial charge in [0.15, 0.2) is 0 Å². The van der Waals surface area contributed by atoms with E-state index in [0.29, 0.717) is 26.1 Å². The monoisotopic (exact) mass is 295 g/mol. The summed E-state index contributed by atoms with van der Waals surface area (Å²) in [7, 11) is 0. The highest BCUT2D eigenvalue weighted by molar-refractivity contribution is 5.78. The van der Waals surface area contributed by atoms with Crippen LogP contribution in [0.1, 0.15) is 31.7 Å². The molecule has 0 saturated carbocycles. The molecule has 1 atom stereocenters. The van der Waals surface area contributed by atoms with E-state index in [1.165, 1.54) is 0 Å². The van der Waals surface area contributed by atoms with Gasteiger partial charge in [-0.3, -0.25) is 4.79 Å². The molecule has 0 spiro atoms. The molecule has 1 aromatic rings. The van der Waals surface area contributed by atoms with Gasteiger partial charge in [-0.25, -0.2) is 0 Å². The number of benzene rings is 1. The van der Waals surface area contributed by atoms with Gasteiger partial charge < -0.3 is 19.8 Å². The first-order valence-electron chi connectivity index (χ1n) is 7.41. The molecule has 5 nitrogen and oxygen atoms in total. The minimum absolute atomic E-state index is 0.0299. The summed E-state index contributed by atoms with van der Waals surface area (Å²) in [6.07, 6.45) is 0.690. The molecule has 0 radical (unpaired) electrons. The quantitative estimate of drug-likeness (QED) is 0.676. The standard InChI is InChI=1S/C16H25NO4/c1-3-15(16(20)21-4-2)13-5-7-14(8-6-13)17(9-11-18)10-12-19/h5-8,15,18-19H,3-4,9-12H2,1-2H3. The Hall–Kier alpha value is -1.59. The van der Waals surface area contributed by atoms with Crippen LogP contribution in [-0.2, 0) is 9.53 Å². The highest BCUT2D eigenvalue weighted by Gasteiger charge is 2.20. The fraction of sp³-hybridized carbons (Fsp3) is 0.562. The van der Waals surface area contributed by atoms with Crippen molar-refractivity contribution in [2.45, 2.75) is 26.2 Å². The molecule has 0 aliphatic rings. The van der Waals surface area contributed by atoms with Crippen molar-refractivity contribution in [2.75, 3.05) is 37.8 Å². The Labute approximate surface area is 126 Å². The fourth-order valence-corrected chi connectivity index (χ4v) is 2.31. The number of hydrogen-bond donors (Lipinski definition) is 2. The van der Waals surface area contributed by atoms with Gasteiger partial charge in [-0.15, -0.1) is 0 Å². The van der Waals surface area contributed by atoms with E-state index in [9.17, 15) is 4.79 Å². The SMILES string of the molecule is CCOC(=O)C(CC)c1ccc(N(CCO)CCO)cc1. The molecule has 0 fully saturated rings. The second-order valence-corrected chi connectivity index (χ2v) is 4.74. The lowest BCUT2D eigenvalue weighted by Gasteiger charge is -2.23. The average Bonchev–Trinajstić information content (AvgIpc) is 2.49. The number of esters is 1. The lowest BCUT2D eigenvalue weighted by molar-refractivity contribution is -0.145. The predicted molar refractivity (Wildman–Crippen MR) is 82.5 cm³/mol. The Morgan fingerprint density at radius 1 is 1.14 bits per heavy atom. The van der Waals surface area contributed by atoms with Gasteiger partial charge in [0.05, 0.1) is 25.7 Å². The lowest BCUT2D eigenvalue weighted by Crippen LogP contribution is -2.29. The zero-order valence-electron chi connectivity index (χ0n) is 12.8. The molecule has 0 amide bonds. The molecule has 1 unspecified atom stereocenters. The van der Waals surface area contributed by atoms with Crippen LogP contribution >= 0.6 is 0 Å². The van der Waals surface area contributed by atoms with E-state index in [-0.39, 0.29) is 25.1 Å². The predicted octanol–water partition coefficient (Wildman–Crippen LogP) is 1.53. The summed E-state index contributed by atoms with van der Waals surface area (Å²) in [5, 5.41) is 18.1. The Morgan fingerprint density at radius 2 is 1.71 bits per heavy atom. The molecule has 118 valence electrons. The Kier molecular flexibility index (Phi) is 7.79. The second kappa shape index (κ2) is 9.37. The van der Waals surface area contributed by atoms with Crippen LogP contribution in [0.5, 0.6) is 0 Å². The zero-order valence-corrected chi connectivity index (χ0v) is 12.8. The van der Waals surface area contributed by atoms with Crippen LogP contribution in [0, 0.1) is 0 Å². The van der Waals surface area contributed by atoms with Gasteiger partial charge in [-0.05, 0) is 31.0 Å². The van der Waals surface area contributed by atoms with Crippen LogP contribution in [0.4, 0.5) is 5.69 Å². The first kappa shape index (κ1) is 17.5. The van der Waals surface area contributed by atoms with Crippen LogP contribution in [0.3, 0.4) is 0 Å². The highest BCUT2D eigenvalue weighted by Crippen LogP contribution is 2.24. The molecule has 21 heavy (non-hydrogen) atoms. The molecule has 2 N–H and O–H groups in total. The molecule has 1 aromatic carbocycles. The van der Waals surface area contributed by atoms with Gasteiger partial charge in [-0.2, -0.15) is 0 Å². The normalized spacial score (nSPS) is 12.0. The lowest BCUT2D eigenvalue weighted by atomic mass is 9.96. The van der Waals surface area contributed by atoms with E-state index in [4.69, 9.17) is 14.9 Å². The number of aliphatic hydroxyl groups excluding tert-OH is 2. The molecule has 0 saturated heterocycles. The van der Waals surface area contributed by atoms with Gasteiger partial charge in [-0.1, -0.05) is 19.1 Å². The number of carbonyl (C=O) groups excluding carboxylic acids is 1. The van der Waals surface area contributed by atoms with Gasteiger partial charge in [0.1, 0.15) is 0 Å². The van der Waals surface area contributed by atoms with E-state index in [2.05, 4.69) is 0 Å². The van der Waals surface area contributed by atoms with Crippen LogP contribution in [0.25, 0.3) is 0 Å². The van der Waals surface area contributed by atoms with Crippen molar-refractivity contribution in [2.24, 2.45) is 0 Å². The van der Waals surface area contributed by atoms with Gasteiger partial charge >= 0.3 is 5.97 Å². The fourth-order valence-electron chi connectivity index (χ4n) is 2.31. The minimum atomic E-state index is -0.247. The summed E-state index contributed by atoms with van der Waals surface area (Å²) in [5.41, 5.74) is 1.84. The first-order chi connectivity index (χ1) is 10.2. The maximum absolute atomic E-state index is 11.9. The van der Waals surface area contributed by atoms with Crippen molar-refractivity contribution in [3.05, 3.63) is 29.8 Å². The third kappa shape index (κ3) is 5.02. The van der Waals surface area contributed by atoms with E-state index in [0.717, 1.165) is 11.3 Å². The molecule has 0 aromatic heterocycles. The molecule has 0 bridgehead atoms. The summed E-state index contributed by atoms with van der Waals surface area (Å²) >= 11 is 0. The number of carbonyl (C=O) groups is 1. The van der Waals surface area contributed by atoms with E-state index >= 15 is 0 Å². The number of aliphatic hydroxyl groups is 2. The van der Waals surface area contributed by atoms with Gasteiger partial charge in [0.25, 0.3) is 0 Å². The molecular weight excluding hydrogens is 270 g/mol. The Bertz CT molecular complexity index is 413. The highest BCUT2D eigenvalue weighted by atomic mass is 16.5. The third-order valence-corrected chi connectivity index (χ3v) is 3.38. The van der Waals surface area contributed by atoms with E-state index < -0.39 is 0 Å². The Balaban J connectivity index is 2.86. The summed E-state index contributed by atoms with van der Waals surface area (Å²) in [6.45, 7) is 5.14. The minimum Gasteiger partial charge on any atom is -0.466 e. The number of ether oxygens (including phenoxy) is 1. The average molecular weight is 295 g/mol. The summed E-state index contributed by atoms with van der Waals surface area (Å²) in [4.78, 5) is 13.8. The molecule has 0 aliphatic heterocycles. The topological polar surface area (TPSA) is 70.0 Å². The van der Waals surface area contributed by atoms with Gasteiger partial charge in [0.2, 0.25) is 0 Å². The van der Waals surface area contributed by atoms with Crippen molar-refractivity contribution < 1.29 is 19.7 Å². The third-order valence-electron chi connectivity index (χ3n) is 3.38. The zero-order chi connectivity index (χ0) is 15.7. The number of nitrogens with zero attached hydrogens (tertiary/aromatic N) is 1. The summed E-state index contributed by atoms with van der Waals surface area (Å²) < 4.78 is 5.09. The number of anilines is 1. The van der Waals surface area contributed by atoms with Crippen molar-refractivity contribution in [1.29, 1.82) is 0 Å². The molecule has 5 heteroatoms. The van der Waals surface area contributed by atoms with Crippen molar-refractivity contribution in [3.63, 3.8) is 0 Å².